The van der Waals surface area contributed by atoms with Crippen LogP contribution in [0.2, 0.25) is 5.02 Å². The molecule has 0 aliphatic rings. The van der Waals surface area contributed by atoms with E-state index in [0.29, 0.717) is 20.8 Å². The summed E-state index contributed by atoms with van der Waals surface area (Å²) in [5.41, 5.74) is 3.95. The van der Waals surface area contributed by atoms with Gasteiger partial charge in [-0.1, -0.05) is 11.6 Å². The van der Waals surface area contributed by atoms with Crippen LogP contribution in [0.25, 0.3) is 20.8 Å². The molecule has 35 heavy (non-hydrogen) atoms. The third-order valence-electron chi connectivity index (χ3n) is 4.62. The van der Waals surface area contributed by atoms with Gasteiger partial charge in [-0.2, -0.15) is 4.98 Å². The minimum atomic E-state index is -3.56. The SMILES string of the molecule is CS(=O)(=O)c1cc(CCC(=O)O)nc(-c2nc(=O)c3ccc(Cl)cc3s2)c1.NC(CO)(CO)CO. The highest BCUT2D eigenvalue weighted by molar-refractivity contribution is 7.90. The topological polar surface area (TPSA) is 201 Å². The first-order chi connectivity index (χ1) is 16.3. The second-order valence-electron chi connectivity index (χ2n) is 7.65. The Labute approximate surface area is 209 Å². The quantitative estimate of drug-likeness (QED) is 0.263. The predicted molar refractivity (Wildman–Crippen MR) is 131 cm³/mol. The number of carbonyl (C=O) groups is 1. The number of nitrogens with two attached hydrogens (primary N) is 1. The number of benzene rings is 1. The minimum Gasteiger partial charge on any atom is -0.481 e. The molecule has 0 atom stereocenters. The van der Waals surface area contributed by atoms with Crippen molar-refractivity contribution in [2.45, 2.75) is 23.3 Å². The summed E-state index contributed by atoms with van der Waals surface area (Å²) in [5.74, 6) is -1.02. The predicted octanol–water partition coefficient (Wildman–Crippen LogP) is 0.453. The average molecular weight is 546 g/mol. The van der Waals surface area contributed by atoms with Gasteiger partial charge in [0.15, 0.2) is 9.84 Å². The van der Waals surface area contributed by atoms with Crippen LogP contribution in [0.3, 0.4) is 0 Å². The van der Waals surface area contributed by atoms with Crippen LogP contribution in [0.15, 0.2) is 40.0 Å². The van der Waals surface area contributed by atoms with E-state index in [4.69, 9.17) is 37.8 Å². The third kappa shape index (κ3) is 8.00. The molecule has 0 aliphatic carbocycles. The van der Waals surface area contributed by atoms with Gasteiger partial charge in [0, 0.05) is 28.1 Å². The van der Waals surface area contributed by atoms with Crippen molar-refractivity contribution < 1.29 is 33.6 Å². The zero-order valence-electron chi connectivity index (χ0n) is 18.5. The number of hydrogen-bond acceptors (Lipinski definition) is 11. The molecule has 0 bridgehead atoms. The van der Waals surface area contributed by atoms with E-state index in [1.165, 1.54) is 12.1 Å². The first kappa shape index (κ1) is 28.7. The number of sulfone groups is 1. The lowest BCUT2D eigenvalue weighted by atomic mass is 10.1. The van der Waals surface area contributed by atoms with Gasteiger partial charge in [0.05, 0.1) is 42.1 Å². The summed E-state index contributed by atoms with van der Waals surface area (Å²) in [4.78, 5) is 31.4. The third-order valence-corrected chi connectivity index (χ3v) is 7.00. The molecule has 0 saturated carbocycles. The largest absolute Gasteiger partial charge is 0.481 e. The van der Waals surface area contributed by atoms with Crippen LogP contribution in [0, 0.1) is 0 Å². The molecule has 0 amide bonds. The molecular formula is C21H24ClN3O8S2. The molecule has 0 fully saturated rings. The smallest absolute Gasteiger partial charge is 0.303 e. The molecular weight excluding hydrogens is 522 g/mol. The Bertz CT molecular complexity index is 1370. The van der Waals surface area contributed by atoms with Gasteiger partial charge in [-0.15, -0.1) is 11.3 Å². The van der Waals surface area contributed by atoms with Crippen LogP contribution in [0.1, 0.15) is 12.1 Å². The van der Waals surface area contributed by atoms with E-state index in [9.17, 15) is 18.0 Å². The molecule has 2 aromatic heterocycles. The zero-order valence-corrected chi connectivity index (χ0v) is 20.9. The fourth-order valence-corrected chi connectivity index (χ4v) is 4.45. The number of carboxylic acids is 1. The Balaban J connectivity index is 0.000000466. The van der Waals surface area contributed by atoms with Gasteiger partial charge in [0.2, 0.25) is 0 Å². The van der Waals surface area contributed by atoms with Gasteiger partial charge < -0.3 is 26.2 Å². The number of hydrogen-bond donors (Lipinski definition) is 5. The lowest BCUT2D eigenvalue weighted by molar-refractivity contribution is -0.136. The highest BCUT2D eigenvalue weighted by Gasteiger charge is 2.20. The molecule has 11 nitrogen and oxygen atoms in total. The Morgan fingerprint density at radius 1 is 1.11 bits per heavy atom. The summed E-state index contributed by atoms with van der Waals surface area (Å²) in [5, 5.41) is 35.0. The maximum Gasteiger partial charge on any atom is 0.303 e. The number of aliphatic carboxylic acids is 1. The van der Waals surface area contributed by atoms with Gasteiger partial charge in [-0.25, -0.2) is 8.42 Å². The lowest BCUT2D eigenvalue weighted by Gasteiger charge is -2.20. The maximum atomic E-state index is 12.3. The monoisotopic (exact) mass is 545 g/mol. The second-order valence-corrected chi connectivity index (χ2v) is 11.1. The molecule has 0 radical (unpaired) electrons. The van der Waals surface area contributed by atoms with Crippen molar-refractivity contribution in [2.75, 3.05) is 26.1 Å². The number of aryl methyl sites for hydroxylation is 1. The molecule has 0 unspecified atom stereocenters. The molecule has 190 valence electrons. The van der Waals surface area contributed by atoms with E-state index in [0.717, 1.165) is 17.6 Å². The molecule has 0 saturated heterocycles. The van der Waals surface area contributed by atoms with E-state index >= 15 is 0 Å². The zero-order chi connectivity index (χ0) is 26.4. The lowest BCUT2D eigenvalue weighted by Crippen LogP contribution is -2.50. The van der Waals surface area contributed by atoms with Gasteiger partial charge >= 0.3 is 5.97 Å². The van der Waals surface area contributed by atoms with Crippen LogP contribution in [-0.4, -0.2) is 76.4 Å². The van der Waals surface area contributed by atoms with Crippen molar-refractivity contribution in [3.63, 3.8) is 0 Å². The van der Waals surface area contributed by atoms with E-state index < -0.39 is 46.7 Å². The number of carboxylic acid groups (broad SMARTS) is 1. The number of nitrogens with zero attached hydrogens (tertiary/aromatic N) is 2. The van der Waals surface area contributed by atoms with Crippen LogP contribution in [0.4, 0.5) is 0 Å². The molecule has 3 aromatic rings. The number of rotatable bonds is 8. The number of pyridine rings is 1. The summed E-state index contributed by atoms with van der Waals surface area (Å²) in [7, 11) is -3.56. The van der Waals surface area contributed by atoms with Gasteiger partial charge in [-0.3, -0.25) is 14.6 Å². The number of aliphatic hydroxyl groups excluding tert-OH is 3. The number of aliphatic hydroxyl groups is 3. The Morgan fingerprint density at radius 2 is 1.74 bits per heavy atom. The minimum absolute atomic E-state index is 0.0134. The van der Waals surface area contributed by atoms with Crippen molar-refractivity contribution in [3.8, 4) is 10.7 Å². The van der Waals surface area contributed by atoms with E-state index in [2.05, 4.69) is 9.97 Å². The molecule has 0 spiro atoms. The van der Waals surface area contributed by atoms with Gasteiger partial charge in [-0.05, 0) is 30.3 Å². The number of aromatic nitrogens is 2. The summed E-state index contributed by atoms with van der Waals surface area (Å²) in [6.07, 6.45) is 0.903. The number of fused-ring (bicyclic) bond motifs is 1. The molecule has 6 N–H and O–H groups in total. The van der Waals surface area contributed by atoms with Crippen molar-refractivity contribution in [1.82, 2.24) is 9.97 Å². The van der Waals surface area contributed by atoms with Crippen LogP contribution in [-0.2, 0) is 21.1 Å². The Kier molecular flexibility index (Phi) is 9.80. The molecule has 3 rings (SSSR count). The van der Waals surface area contributed by atoms with E-state index in [1.807, 2.05) is 0 Å². The summed E-state index contributed by atoms with van der Waals surface area (Å²) >= 11 is 7.14. The average Bonchev–Trinajstić information content (AvgIpc) is 2.81. The molecule has 0 aliphatic heterocycles. The molecule has 2 heterocycles. The highest BCUT2D eigenvalue weighted by atomic mass is 35.5. The summed E-state index contributed by atoms with van der Waals surface area (Å²) in [6.45, 7) is -1.21. The van der Waals surface area contributed by atoms with E-state index in [-0.39, 0.29) is 28.4 Å². The van der Waals surface area contributed by atoms with Crippen LogP contribution < -0.4 is 11.3 Å². The summed E-state index contributed by atoms with van der Waals surface area (Å²) < 4.78 is 24.6. The fraction of sp³-hybridized carbons (Fsp3) is 0.333. The fourth-order valence-electron chi connectivity index (χ4n) is 2.54. The van der Waals surface area contributed by atoms with Crippen molar-refractivity contribution in [1.29, 1.82) is 0 Å². The Hall–Kier alpha value is -2.52. The van der Waals surface area contributed by atoms with Gasteiger partial charge in [0.25, 0.3) is 5.56 Å². The van der Waals surface area contributed by atoms with Crippen LogP contribution >= 0.6 is 22.9 Å². The molecule has 14 heteroatoms. The number of halogens is 1. The Morgan fingerprint density at radius 3 is 2.26 bits per heavy atom. The first-order valence-corrected chi connectivity index (χ1v) is 13.1. The second kappa shape index (κ2) is 11.9. The summed E-state index contributed by atoms with van der Waals surface area (Å²) in [6, 6.07) is 7.45. The van der Waals surface area contributed by atoms with Crippen molar-refractivity contribution in [2.24, 2.45) is 5.73 Å². The standard InChI is InChI=1S/C17H13ClN2O5S2.C4H11NO3/c1-27(24,25)11-7-10(3-5-15(21)22)19-13(8-11)17-20-16(23)12-4-2-9(18)6-14(12)26-17;5-4(1-6,2-7)3-8/h2,4,6-8H,3,5H2,1H3,(H,21,22);6-8H,1-3,5H2. The normalized spacial score (nSPS) is 11.7. The van der Waals surface area contributed by atoms with Crippen molar-refractivity contribution >= 4 is 48.8 Å². The van der Waals surface area contributed by atoms with Crippen molar-refractivity contribution in [3.05, 3.63) is 51.4 Å². The first-order valence-electron chi connectivity index (χ1n) is 9.97. The van der Waals surface area contributed by atoms with E-state index in [1.54, 1.807) is 18.2 Å². The van der Waals surface area contributed by atoms with Gasteiger partial charge in [0.1, 0.15) is 10.7 Å². The highest BCUT2D eigenvalue weighted by Crippen LogP contribution is 2.28. The van der Waals surface area contributed by atoms with Crippen LogP contribution in [0.5, 0.6) is 0 Å². The maximum absolute atomic E-state index is 12.3. The molecule has 1 aromatic carbocycles.